The van der Waals surface area contributed by atoms with Gasteiger partial charge in [0.25, 0.3) is 0 Å². The van der Waals surface area contributed by atoms with Crippen LogP contribution >= 0.6 is 11.6 Å². The Kier molecular flexibility index (Phi) is 4.88. The van der Waals surface area contributed by atoms with Crippen LogP contribution < -0.4 is 0 Å². The van der Waals surface area contributed by atoms with Gasteiger partial charge in [0.05, 0.1) is 5.69 Å². The number of rotatable bonds is 5. The highest BCUT2D eigenvalue weighted by Gasteiger charge is 2.08. The molecule has 0 spiro atoms. The molecule has 100 valence electrons. The van der Waals surface area contributed by atoms with Crippen molar-refractivity contribution in [2.45, 2.75) is 26.9 Å². The van der Waals surface area contributed by atoms with Crippen LogP contribution in [0.2, 0.25) is 5.15 Å². The van der Waals surface area contributed by atoms with E-state index in [1.165, 1.54) is 0 Å². The van der Waals surface area contributed by atoms with Crippen molar-refractivity contribution in [1.82, 2.24) is 14.9 Å². The maximum Gasteiger partial charge on any atom is 0.133 e. The lowest BCUT2D eigenvalue weighted by Crippen LogP contribution is -2.23. The van der Waals surface area contributed by atoms with Gasteiger partial charge in [0.1, 0.15) is 5.15 Å². The van der Waals surface area contributed by atoms with E-state index >= 15 is 0 Å². The molecule has 0 aliphatic carbocycles. The molecule has 0 unspecified atom stereocenters. The zero-order valence-corrected chi connectivity index (χ0v) is 12.1. The molecule has 0 N–H and O–H groups in total. The largest absolute Gasteiger partial charge is 0.293 e. The maximum absolute atomic E-state index is 6.10. The van der Waals surface area contributed by atoms with Crippen molar-refractivity contribution in [3.05, 3.63) is 58.6 Å². The molecule has 0 amide bonds. The molecule has 0 bridgehead atoms. The first kappa shape index (κ1) is 14.0. The van der Waals surface area contributed by atoms with Gasteiger partial charge in [-0.1, -0.05) is 30.7 Å². The van der Waals surface area contributed by atoms with Gasteiger partial charge in [-0.05, 0) is 31.7 Å². The monoisotopic (exact) mass is 275 g/mol. The van der Waals surface area contributed by atoms with Crippen LogP contribution in [0, 0.1) is 6.92 Å². The van der Waals surface area contributed by atoms with Gasteiger partial charge < -0.3 is 0 Å². The summed E-state index contributed by atoms with van der Waals surface area (Å²) in [6, 6.07) is 10.0. The van der Waals surface area contributed by atoms with Gasteiger partial charge in [-0.3, -0.25) is 9.88 Å². The molecule has 3 nitrogen and oxygen atoms in total. The van der Waals surface area contributed by atoms with E-state index in [9.17, 15) is 0 Å². The average Bonchev–Trinajstić information content (AvgIpc) is 2.40. The number of hydrogen-bond donors (Lipinski definition) is 0. The number of halogens is 1. The second-order valence-corrected chi connectivity index (χ2v) is 4.88. The van der Waals surface area contributed by atoms with Gasteiger partial charge in [-0.25, -0.2) is 4.98 Å². The minimum Gasteiger partial charge on any atom is -0.293 e. The molecule has 2 heterocycles. The predicted molar refractivity (Wildman–Crippen MR) is 78.0 cm³/mol. The number of nitrogens with zero attached hydrogens (tertiary/aromatic N) is 3. The summed E-state index contributed by atoms with van der Waals surface area (Å²) in [5, 5.41) is 0.582. The van der Waals surface area contributed by atoms with E-state index in [-0.39, 0.29) is 0 Å². The van der Waals surface area contributed by atoms with Gasteiger partial charge >= 0.3 is 0 Å². The fourth-order valence-electron chi connectivity index (χ4n) is 1.97. The Morgan fingerprint density at radius 3 is 2.68 bits per heavy atom. The third-order valence-electron chi connectivity index (χ3n) is 3.01. The summed E-state index contributed by atoms with van der Waals surface area (Å²) >= 11 is 6.10. The molecule has 2 rings (SSSR count). The molecule has 2 aromatic rings. The second kappa shape index (κ2) is 6.64. The molecule has 0 saturated heterocycles. The van der Waals surface area contributed by atoms with Crippen molar-refractivity contribution in [2.75, 3.05) is 6.54 Å². The van der Waals surface area contributed by atoms with Crippen molar-refractivity contribution in [3.8, 4) is 0 Å². The number of aryl methyl sites for hydroxylation is 1. The average molecular weight is 276 g/mol. The Hall–Kier alpha value is -1.45. The fraction of sp³-hybridized carbons (Fsp3) is 0.333. The van der Waals surface area contributed by atoms with Crippen LogP contribution in [0.15, 0.2) is 36.5 Å². The first-order valence-corrected chi connectivity index (χ1v) is 6.81. The Balaban J connectivity index is 2.07. The third-order valence-corrected chi connectivity index (χ3v) is 3.35. The Morgan fingerprint density at radius 1 is 1.16 bits per heavy atom. The van der Waals surface area contributed by atoms with Gasteiger partial charge in [-0.15, -0.1) is 0 Å². The summed E-state index contributed by atoms with van der Waals surface area (Å²) in [6.07, 6.45) is 1.71. The van der Waals surface area contributed by atoms with Crippen molar-refractivity contribution in [3.63, 3.8) is 0 Å². The molecule has 0 aromatic carbocycles. The molecule has 2 aromatic heterocycles. The van der Waals surface area contributed by atoms with Gasteiger partial charge in [0, 0.05) is 30.5 Å². The standard InChI is InChI=1S/C15H18ClN3/c1-3-19(10-13-7-5-9-17-15(13)16)11-14-8-4-6-12(2)18-14/h4-9H,3,10-11H2,1-2H3. The summed E-state index contributed by atoms with van der Waals surface area (Å²) in [5.41, 5.74) is 3.19. The summed E-state index contributed by atoms with van der Waals surface area (Å²) in [7, 11) is 0. The Bertz CT molecular complexity index is 542. The lowest BCUT2D eigenvalue weighted by atomic mass is 10.2. The van der Waals surface area contributed by atoms with Crippen molar-refractivity contribution < 1.29 is 0 Å². The summed E-state index contributed by atoms with van der Waals surface area (Å²) in [6.45, 7) is 6.71. The van der Waals surface area contributed by atoms with E-state index < -0.39 is 0 Å². The van der Waals surface area contributed by atoms with Crippen molar-refractivity contribution in [2.24, 2.45) is 0 Å². The molecule has 0 saturated carbocycles. The maximum atomic E-state index is 6.10. The van der Waals surface area contributed by atoms with Crippen molar-refractivity contribution in [1.29, 1.82) is 0 Å². The molecule has 0 fully saturated rings. The van der Waals surface area contributed by atoms with Gasteiger partial charge in [0.15, 0.2) is 0 Å². The first-order valence-electron chi connectivity index (χ1n) is 6.43. The fourth-order valence-corrected chi connectivity index (χ4v) is 2.15. The second-order valence-electron chi connectivity index (χ2n) is 4.53. The topological polar surface area (TPSA) is 29.0 Å². The van der Waals surface area contributed by atoms with Crippen LogP contribution in [-0.2, 0) is 13.1 Å². The summed E-state index contributed by atoms with van der Waals surface area (Å²) in [5.74, 6) is 0. The molecular formula is C15H18ClN3. The van der Waals surface area contributed by atoms with E-state index in [0.717, 1.165) is 36.6 Å². The van der Waals surface area contributed by atoms with E-state index in [4.69, 9.17) is 11.6 Å². The number of aromatic nitrogens is 2. The third kappa shape index (κ3) is 4.01. The number of pyridine rings is 2. The van der Waals surface area contributed by atoms with E-state index in [1.54, 1.807) is 6.20 Å². The van der Waals surface area contributed by atoms with Crippen molar-refractivity contribution >= 4 is 11.6 Å². The highest BCUT2D eigenvalue weighted by Crippen LogP contribution is 2.15. The van der Waals surface area contributed by atoms with Crippen LogP contribution in [0.5, 0.6) is 0 Å². The molecule has 19 heavy (non-hydrogen) atoms. The SMILES string of the molecule is CCN(Cc1cccc(C)n1)Cc1cccnc1Cl. The van der Waals surface area contributed by atoms with Crippen LogP contribution in [0.1, 0.15) is 23.9 Å². The quantitative estimate of drug-likeness (QED) is 0.783. The van der Waals surface area contributed by atoms with Crippen LogP contribution in [0.3, 0.4) is 0 Å². The molecule has 0 atom stereocenters. The van der Waals surface area contributed by atoms with Crippen LogP contribution in [0.4, 0.5) is 0 Å². The minimum atomic E-state index is 0.582. The minimum absolute atomic E-state index is 0.582. The zero-order chi connectivity index (χ0) is 13.7. The van der Waals surface area contributed by atoms with E-state index in [2.05, 4.69) is 27.9 Å². The summed E-state index contributed by atoms with van der Waals surface area (Å²) < 4.78 is 0. The smallest absolute Gasteiger partial charge is 0.133 e. The molecule has 0 radical (unpaired) electrons. The lowest BCUT2D eigenvalue weighted by molar-refractivity contribution is 0.268. The normalized spacial score (nSPS) is 10.9. The number of hydrogen-bond acceptors (Lipinski definition) is 3. The predicted octanol–water partition coefficient (Wildman–Crippen LogP) is 3.46. The zero-order valence-electron chi connectivity index (χ0n) is 11.3. The Labute approximate surface area is 119 Å². The van der Waals surface area contributed by atoms with Crippen LogP contribution in [0.25, 0.3) is 0 Å². The molecule has 4 heteroatoms. The lowest BCUT2D eigenvalue weighted by Gasteiger charge is -2.20. The molecule has 0 aliphatic rings. The Morgan fingerprint density at radius 2 is 2.00 bits per heavy atom. The van der Waals surface area contributed by atoms with E-state index in [1.807, 2.05) is 31.2 Å². The molecule has 0 aliphatic heterocycles. The highest BCUT2D eigenvalue weighted by atomic mass is 35.5. The van der Waals surface area contributed by atoms with Crippen LogP contribution in [-0.4, -0.2) is 21.4 Å². The van der Waals surface area contributed by atoms with E-state index in [0.29, 0.717) is 5.15 Å². The first-order chi connectivity index (χ1) is 9.19. The highest BCUT2D eigenvalue weighted by molar-refractivity contribution is 6.30. The van der Waals surface area contributed by atoms with Gasteiger partial charge in [0.2, 0.25) is 0 Å². The molecular weight excluding hydrogens is 258 g/mol. The summed E-state index contributed by atoms with van der Waals surface area (Å²) in [4.78, 5) is 10.9. The van der Waals surface area contributed by atoms with Gasteiger partial charge in [-0.2, -0.15) is 0 Å².